The third-order valence-electron chi connectivity index (χ3n) is 0.426. The van der Waals surface area contributed by atoms with Crippen LogP contribution in [0.1, 0.15) is 21.8 Å². The molecule has 0 aromatic heterocycles. The smallest absolute Gasteiger partial charge is 0.143 e. The van der Waals surface area contributed by atoms with Crippen molar-refractivity contribution in [1.29, 1.82) is 0 Å². The first-order valence-corrected chi connectivity index (χ1v) is 1.91. The van der Waals surface area contributed by atoms with Gasteiger partial charge in [-0.3, -0.25) is 4.79 Å². The summed E-state index contributed by atoms with van der Waals surface area (Å²) in [6.45, 7) is 2.04. The molecule has 0 aromatic rings. The van der Waals surface area contributed by atoms with Crippen molar-refractivity contribution in [2.24, 2.45) is 0 Å². The van der Waals surface area contributed by atoms with Gasteiger partial charge in [-0.05, 0) is 14.0 Å². The van der Waals surface area contributed by atoms with Crippen molar-refractivity contribution in [2.45, 2.75) is 21.8 Å². The normalized spacial score (nSPS) is 6.25. The van der Waals surface area contributed by atoms with E-state index in [0.717, 1.165) is 0 Å². The van der Waals surface area contributed by atoms with Crippen LogP contribution in [0.4, 0.5) is 0 Å². The van der Waals surface area contributed by atoms with Crippen LogP contribution < -0.4 is 5.32 Å². The Hall–Kier alpha value is -0.370. The van der Waals surface area contributed by atoms with Crippen LogP contribution in [0.2, 0.25) is 0 Å². The van der Waals surface area contributed by atoms with Gasteiger partial charge >= 0.3 is 0 Å². The van der Waals surface area contributed by atoms with E-state index in [9.17, 15) is 4.79 Å². The van der Waals surface area contributed by atoms with E-state index in [0.29, 0.717) is 6.54 Å². The molecule has 2 nitrogen and oxygen atoms in total. The standard InChI is InChI=1S/C4H9NO.2CH4/c1-4(6)3-5-2;;/h5H,3H2,1-2H3;2*1H4. The Morgan fingerprint density at radius 1 is 1.50 bits per heavy atom. The Balaban J connectivity index is -0.000000125. The highest BCUT2D eigenvalue weighted by atomic mass is 16.1. The fourth-order valence-electron chi connectivity index (χ4n) is 0.249. The summed E-state index contributed by atoms with van der Waals surface area (Å²) in [5, 5.41) is 2.72. The van der Waals surface area contributed by atoms with Crippen LogP contribution >= 0.6 is 0 Å². The van der Waals surface area contributed by atoms with Gasteiger partial charge in [0.2, 0.25) is 0 Å². The fourth-order valence-corrected chi connectivity index (χ4v) is 0.249. The van der Waals surface area contributed by atoms with Crippen molar-refractivity contribution in [3.05, 3.63) is 0 Å². The van der Waals surface area contributed by atoms with Crippen LogP contribution in [0, 0.1) is 0 Å². The third kappa shape index (κ3) is 17.4. The van der Waals surface area contributed by atoms with E-state index in [1.54, 1.807) is 14.0 Å². The Labute approximate surface area is 52.3 Å². The molecule has 0 rings (SSSR count). The summed E-state index contributed by atoms with van der Waals surface area (Å²) in [6, 6.07) is 0. The predicted octanol–water partition coefficient (Wildman–Crippen LogP) is 1.07. The van der Waals surface area contributed by atoms with Crippen molar-refractivity contribution in [1.82, 2.24) is 5.32 Å². The van der Waals surface area contributed by atoms with E-state index < -0.39 is 0 Å². The predicted molar refractivity (Wildman–Crippen MR) is 38.1 cm³/mol. The highest BCUT2D eigenvalue weighted by Crippen LogP contribution is 1.57. The van der Waals surface area contributed by atoms with Crippen molar-refractivity contribution in [3.63, 3.8) is 0 Å². The maximum atomic E-state index is 9.98. The minimum atomic E-state index is 0. The second-order valence-corrected chi connectivity index (χ2v) is 1.23. The topological polar surface area (TPSA) is 29.1 Å². The number of nitrogens with one attached hydrogen (secondary N) is 1. The lowest BCUT2D eigenvalue weighted by Gasteiger charge is -1.85. The number of Topliss-reactive ketones (excluding diaryl/α,β-unsaturated/α-hetero) is 1. The molecular weight excluding hydrogens is 102 g/mol. The molecule has 0 unspecified atom stereocenters. The van der Waals surface area contributed by atoms with E-state index in [2.05, 4.69) is 5.32 Å². The monoisotopic (exact) mass is 119 g/mol. The molecule has 8 heavy (non-hydrogen) atoms. The summed E-state index contributed by atoms with van der Waals surface area (Å²) in [5.41, 5.74) is 0. The Morgan fingerprint density at radius 2 is 1.88 bits per heavy atom. The maximum Gasteiger partial charge on any atom is 0.143 e. The van der Waals surface area contributed by atoms with Crippen LogP contribution in [0.15, 0.2) is 0 Å². The van der Waals surface area contributed by atoms with Gasteiger partial charge in [-0.15, -0.1) is 0 Å². The Bertz CT molecular complexity index is 52.5. The lowest BCUT2D eigenvalue weighted by atomic mass is 10.5. The Morgan fingerprint density at radius 3 is 1.88 bits per heavy atom. The summed E-state index contributed by atoms with van der Waals surface area (Å²) in [5.74, 6) is 0.178. The SMILES string of the molecule is C.C.CNCC(C)=O. The highest BCUT2D eigenvalue weighted by Gasteiger charge is 1.82. The van der Waals surface area contributed by atoms with Crippen molar-refractivity contribution >= 4 is 5.78 Å². The van der Waals surface area contributed by atoms with Gasteiger partial charge in [0.1, 0.15) is 5.78 Å². The number of carbonyl (C=O) groups is 1. The first-order chi connectivity index (χ1) is 2.77. The molecule has 0 saturated carbocycles. The average Bonchev–Trinajstić information content (AvgIpc) is 1.35. The summed E-state index contributed by atoms with van der Waals surface area (Å²) in [4.78, 5) is 9.98. The minimum absolute atomic E-state index is 0. The molecule has 0 aliphatic carbocycles. The first-order valence-electron chi connectivity index (χ1n) is 1.91. The van der Waals surface area contributed by atoms with Crippen LogP contribution in [0.5, 0.6) is 0 Å². The summed E-state index contributed by atoms with van der Waals surface area (Å²) in [6.07, 6.45) is 0. The summed E-state index contributed by atoms with van der Waals surface area (Å²) in [7, 11) is 1.75. The second-order valence-electron chi connectivity index (χ2n) is 1.23. The lowest BCUT2D eigenvalue weighted by molar-refractivity contribution is -0.116. The van der Waals surface area contributed by atoms with E-state index >= 15 is 0 Å². The summed E-state index contributed by atoms with van der Waals surface area (Å²) < 4.78 is 0. The molecule has 0 saturated heterocycles. The molecule has 0 fully saturated rings. The maximum absolute atomic E-state index is 9.98. The number of rotatable bonds is 2. The fraction of sp³-hybridized carbons (Fsp3) is 0.833. The van der Waals surface area contributed by atoms with E-state index in [-0.39, 0.29) is 20.6 Å². The molecule has 0 amide bonds. The zero-order chi connectivity index (χ0) is 4.99. The molecule has 0 heterocycles. The lowest BCUT2D eigenvalue weighted by Crippen LogP contribution is -2.14. The van der Waals surface area contributed by atoms with Crippen LogP contribution in [0.3, 0.4) is 0 Å². The van der Waals surface area contributed by atoms with Crippen LogP contribution in [-0.4, -0.2) is 19.4 Å². The molecule has 0 bridgehead atoms. The molecule has 52 valence electrons. The van der Waals surface area contributed by atoms with Crippen LogP contribution in [-0.2, 0) is 4.79 Å². The number of hydrogen-bond donors (Lipinski definition) is 1. The quantitative estimate of drug-likeness (QED) is 0.589. The second kappa shape index (κ2) is 9.80. The van der Waals surface area contributed by atoms with E-state index in [4.69, 9.17) is 0 Å². The molecule has 0 spiro atoms. The van der Waals surface area contributed by atoms with Gasteiger partial charge in [0.05, 0.1) is 6.54 Å². The van der Waals surface area contributed by atoms with Crippen LogP contribution in [0.25, 0.3) is 0 Å². The molecule has 0 aliphatic rings. The van der Waals surface area contributed by atoms with Crippen molar-refractivity contribution in [2.75, 3.05) is 13.6 Å². The molecule has 0 radical (unpaired) electrons. The highest BCUT2D eigenvalue weighted by molar-refractivity contribution is 5.77. The number of carbonyl (C=O) groups excluding carboxylic acids is 1. The molecule has 1 N–H and O–H groups in total. The zero-order valence-corrected chi connectivity index (χ0v) is 4.12. The van der Waals surface area contributed by atoms with Gasteiger partial charge in [0, 0.05) is 0 Å². The minimum Gasteiger partial charge on any atom is -0.313 e. The van der Waals surface area contributed by atoms with Gasteiger partial charge in [0.25, 0.3) is 0 Å². The van der Waals surface area contributed by atoms with Crippen molar-refractivity contribution in [3.8, 4) is 0 Å². The first kappa shape index (κ1) is 15.6. The molecule has 0 aliphatic heterocycles. The zero-order valence-electron chi connectivity index (χ0n) is 4.12. The molecule has 0 atom stereocenters. The van der Waals surface area contributed by atoms with Gasteiger partial charge < -0.3 is 5.32 Å². The molecule has 2 heteroatoms. The number of likely N-dealkylation sites (N-methyl/N-ethyl adjacent to an activating group) is 1. The van der Waals surface area contributed by atoms with Gasteiger partial charge in [-0.1, -0.05) is 14.9 Å². The summed E-state index contributed by atoms with van der Waals surface area (Å²) >= 11 is 0. The van der Waals surface area contributed by atoms with E-state index in [1.165, 1.54) is 0 Å². The number of ketones is 1. The largest absolute Gasteiger partial charge is 0.313 e. The Kier molecular flexibility index (Phi) is 19.2. The number of hydrogen-bond acceptors (Lipinski definition) is 2. The third-order valence-corrected chi connectivity index (χ3v) is 0.426. The van der Waals surface area contributed by atoms with Gasteiger partial charge in [0.15, 0.2) is 0 Å². The van der Waals surface area contributed by atoms with E-state index in [1.807, 2.05) is 0 Å². The van der Waals surface area contributed by atoms with Gasteiger partial charge in [-0.2, -0.15) is 0 Å². The van der Waals surface area contributed by atoms with Crippen molar-refractivity contribution < 1.29 is 4.79 Å². The molecular formula is C6H17NO. The molecule has 0 aromatic carbocycles. The average molecular weight is 119 g/mol. The van der Waals surface area contributed by atoms with Gasteiger partial charge in [-0.25, -0.2) is 0 Å².